The highest BCUT2D eigenvalue weighted by Gasteiger charge is 2.30. The number of aromatic nitrogens is 1. The second kappa shape index (κ2) is 7.17. The predicted octanol–water partition coefficient (Wildman–Crippen LogP) is 0.895. The van der Waals surface area contributed by atoms with E-state index in [0.29, 0.717) is 13.1 Å². The van der Waals surface area contributed by atoms with Crippen molar-refractivity contribution in [1.82, 2.24) is 9.88 Å². The van der Waals surface area contributed by atoms with E-state index in [9.17, 15) is 9.59 Å². The zero-order chi connectivity index (χ0) is 17.0. The van der Waals surface area contributed by atoms with Gasteiger partial charge in [0.15, 0.2) is 0 Å². The minimum Gasteiger partial charge on any atom is -0.370 e. The van der Waals surface area contributed by atoms with Gasteiger partial charge in [0.05, 0.1) is 5.69 Å². The van der Waals surface area contributed by atoms with E-state index >= 15 is 0 Å². The fraction of sp³-hybridized carbons (Fsp3) is 0.647. The highest BCUT2D eigenvalue weighted by atomic mass is 16.2. The molecule has 128 valence electrons. The molecule has 0 spiro atoms. The number of amides is 1. The second-order valence-electron chi connectivity index (χ2n) is 6.87. The number of carbonyl (C=O) groups is 1. The molecule has 6 heteroatoms. The quantitative estimate of drug-likeness (QED) is 0.844. The van der Waals surface area contributed by atoms with Gasteiger partial charge in [-0.15, -0.1) is 0 Å². The molecule has 3 N–H and O–H groups in total. The first-order valence-corrected chi connectivity index (χ1v) is 8.32. The average molecular weight is 320 g/mol. The van der Waals surface area contributed by atoms with Gasteiger partial charge in [0.1, 0.15) is 5.54 Å². The molecule has 2 heterocycles. The number of hydrogen-bond acceptors (Lipinski definition) is 4. The van der Waals surface area contributed by atoms with Crippen LogP contribution >= 0.6 is 0 Å². The lowest BCUT2D eigenvalue weighted by Gasteiger charge is -2.33. The Labute approximate surface area is 137 Å². The van der Waals surface area contributed by atoms with Gasteiger partial charge in [-0.1, -0.05) is 6.92 Å². The van der Waals surface area contributed by atoms with Gasteiger partial charge in [-0.05, 0) is 38.7 Å². The summed E-state index contributed by atoms with van der Waals surface area (Å²) in [5.74, 6) is 0.546. The molecule has 23 heavy (non-hydrogen) atoms. The first kappa shape index (κ1) is 17.5. The molecule has 1 amide bonds. The number of rotatable bonds is 5. The van der Waals surface area contributed by atoms with Crippen molar-refractivity contribution in [2.45, 2.75) is 39.2 Å². The van der Waals surface area contributed by atoms with E-state index < -0.39 is 5.54 Å². The fourth-order valence-corrected chi connectivity index (χ4v) is 2.88. The smallest absolute Gasteiger partial charge is 0.251 e. The second-order valence-corrected chi connectivity index (χ2v) is 6.87. The van der Waals surface area contributed by atoms with Gasteiger partial charge in [-0.3, -0.25) is 14.2 Å². The number of nitrogens with two attached hydrogens (primary N) is 1. The van der Waals surface area contributed by atoms with Crippen molar-refractivity contribution in [3.63, 3.8) is 0 Å². The summed E-state index contributed by atoms with van der Waals surface area (Å²) in [7, 11) is 0. The van der Waals surface area contributed by atoms with Crippen molar-refractivity contribution >= 4 is 11.6 Å². The van der Waals surface area contributed by atoms with E-state index in [0.717, 1.165) is 37.5 Å². The molecule has 6 nitrogen and oxygen atoms in total. The summed E-state index contributed by atoms with van der Waals surface area (Å²) >= 11 is 0. The van der Waals surface area contributed by atoms with E-state index in [4.69, 9.17) is 5.73 Å². The molecule has 1 saturated heterocycles. The van der Waals surface area contributed by atoms with Gasteiger partial charge >= 0.3 is 0 Å². The summed E-state index contributed by atoms with van der Waals surface area (Å²) in [6.07, 6.45) is 4.11. The van der Waals surface area contributed by atoms with Crippen LogP contribution < -0.4 is 21.5 Å². The van der Waals surface area contributed by atoms with Crippen LogP contribution in [0, 0.1) is 5.92 Å². The third-order valence-electron chi connectivity index (χ3n) is 4.63. The highest BCUT2D eigenvalue weighted by molar-refractivity contribution is 5.83. The Balaban J connectivity index is 2.26. The van der Waals surface area contributed by atoms with Gasteiger partial charge in [0.25, 0.3) is 5.56 Å². The Morgan fingerprint density at radius 2 is 2.00 bits per heavy atom. The van der Waals surface area contributed by atoms with Gasteiger partial charge in [-0.2, -0.15) is 0 Å². The van der Waals surface area contributed by atoms with Crippen molar-refractivity contribution in [2.75, 3.05) is 31.1 Å². The number of hydrogen-bond donors (Lipinski definition) is 2. The molecule has 0 radical (unpaired) electrons. The standard InChI is InChI=1S/C17H28N4O2/c1-13-6-10-20(11-7-13)14-4-5-15(22)21(12-14)17(2,3)16(23)19-9-8-18/h4-5,12-13H,6-11,18H2,1-3H3,(H,19,23). The molecule has 0 bridgehead atoms. The van der Waals surface area contributed by atoms with Crippen LogP contribution in [0.2, 0.25) is 0 Å². The summed E-state index contributed by atoms with van der Waals surface area (Å²) in [4.78, 5) is 26.9. The third-order valence-corrected chi connectivity index (χ3v) is 4.63. The summed E-state index contributed by atoms with van der Waals surface area (Å²) in [5, 5.41) is 2.77. The van der Waals surface area contributed by atoms with Crippen LogP contribution in [0.25, 0.3) is 0 Å². The predicted molar refractivity (Wildman–Crippen MR) is 92.7 cm³/mol. The minimum atomic E-state index is -0.953. The summed E-state index contributed by atoms with van der Waals surface area (Å²) in [6, 6.07) is 3.40. The molecule has 2 rings (SSSR count). The number of nitrogens with zero attached hydrogens (tertiary/aromatic N) is 2. The lowest BCUT2D eigenvalue weighted by atomic mass is 9.99. The zero-order valence-corrected chi connectivity index (χ0v) is 14.3. The number of anilines is 1. The number of piperidine rings is 1. The van der Waals surface area contributed by atoms with E-state index in [1.807, 2.05) is 6.07 Å². The van der Waals surface area contributed by atoms with E-state index in [1.165, 1.54) is 4.57 Å². The number of carbonyl (C=O) groups excluding carboxylic acids is 1. The largest absolute Gasteiger partial charge is 0.370 e. The van der Waals surface area contributed by atoms with Gasteiger partial charge in [-0.25, -0.2) is 0 Å². The highest BCUT2D eigenvalue weighted by Crippen LogP contribution is 2.23. The molecular formula is C17H28N4O2. The summed E-state index contributed by atoms with van der Waals surface area (Å²) < 4.78 is 1.52. The molecule has 0 unspecified atom stereocenters. The topological polar surface area (TPSA) is 80.4 Å². The molecule has 1 aliphatic rings. The first-order valence-electron chi connectivity index (χ1n) is 8.32. The maximum Gasteiger partial charge on any atom is 0.251 e. The molecule has 1 aromatic heterocycles. The van der Waals surface area contributed by atoms with Crippen LogP contribution in [-0.4, -0.2) is 36.7 Å². The molecule has 1 aliphatic heterocycles. The van der Waals surface area contributed by atoms with E-state index in [2.05, 4.69) is 17.1 Å². The van der Waals surface area contributed by atoms with Crippen LogP contribution in [0.15, 0.2) is 23.1 Å². The molecule has 0 aliphatic carbocycles. The van der Waals surface area contributed by atoms with Crippen LogP contribution in [0.1, 0.15) is 33.6 Å². The van der Waals surface area contributed by atoms with Crippen LogP contribution in [0.5, 0.6) is 0 Å². The van der Waals surface area contributed by atoms with E-state index in [-0.39, 0.29) is 11.5 Å². The van der Waals surface area contributed by atoms with Crippen molar-refractivity contribution < 1.29 is 4.79 Å². The lowest BCUT2D eigenvalue weighted by molar-refractivity contribution is -0.128. The SMILES string of the molecule is CC1CCN(c2ccc(=O)n(C(C)(C)C(=O)NCCN)c2)CC1. The molecular weight excluding hydrogens is 292 g/mol. The Hall–Kier alpha value is -1.82. The number of nitrogens with one attached hydrogen (secondary N) is 1. The van der Waals surface area contributed by atoms with Crippen molar-refractivity contribution in [2.24, 2.45) is 11.7 Å². The zero-order valence-electron chi connectivity index (χ0n) is 14.3. The molecule has 1 aromatic rings. The monoisotopic (exact) mass is 320 g/mol. The number of pyridine rings is 1. The Morgan fingerprint density at radius 3 is 2.61 bits per heavy atom. The van der Waals surface area contributed by atoms with Crippen LogP contribution in [0.3, 0.4) is 0 Å². The van der Waals surface area contributed by atoms with E-state index in [1.54, 1.807) is 26.1 Å². The van der Waals surface area contributed by atoms with Gasteiger partial charge in [0.2, 0.25) is 5.91 Å². The van der Waals surface area contributed by atoms with Crippen LogP contribution in [0.4, 0.5) is 5.69 Å². The van der Waals surface area contributed by atoms with Crippen molar-refractivity contribution in [3.05, 3.63) is 28.7 Å². The van der Waals surface area contributed by atoms with Gasteiger partial charge < -0.3 is 16.0 Å². The molecule has 0 atom stereocenters. The average Bonchev–Trinajstić information content (AvgIpc) is 2.53. The van der Waals surface area contributed by atoms with Crippen molar-refractivity contribution in [1.29, 1.82) is 0 Å². The maximum atomic E-state index is 12.4. The summed E-state index contributed by atoms with van der Waals surface area (Å²) in [5.41, 5.74) is 5.30. The van der Waals surface area contributed by atoms with Crippen molar-refractivity contribution in [3.8, 4) is 0 Å². The normalized spacial score (nSPS) is 16.4. The molecule has 1 fully saturated rings. The maximum absolute atomic E-state index is 12.4. The molecule has 0 saturated carbocycles. The Kier molecular flexibility index (Phi) is 5.46. The Morgan fingerprint density at radius 1 is 1.35 bits per heavy atom. The lowest BCUT2D eigenvalue weighted by Crippen LogP contribution is -2.49. The molecule has 0 aromatic carbocycles. The minimum absolute atomic E-state index is 0.174. The summed E-state index contributed by atoms with van der Waals surface area (Å²) in [6.45, 7) is 8.52. The first-order chi connectivity index (χ1) is 10.9. The Bertz CT molecular complexity index is 601. The van der Waals surface area contributed by atoms with Gasteiger partial charge in [0, 0.05) is 38.4 Å². The van der Waals surface area contributed by atoms with Crippen LogP contribution in [-0.2, 0) is 10.3 Å². The fourth-order valence-electron chi connectivity index (χ4n) is 2.88. The third kappa shape index (κ3) is 3.93.